The highest BCUT2D eigenvalue weighted by Crippen LogP contribution is 2.25. The largest absolute Gasteiger partial charge is 0.370 e. The van der Waals surface area contributed by atoms with Gasteiger partial charge in [-0.15, -0.1) is 0 Å². The second kappa shape index (κ2) is 40.3. The summed E-state index contributed by atoms with van der Waals surface area (Å²) in [6.45, 7) is 0.172. The van der Waals surface area contributed by atoms with Gasteiger partial charge in [-0.2, -0.15) is 0 Å². The highest BCUT2D eigenvalue weighted by atomic mass is 16.2. The number of rotatable bonds is 43. The highest BCUT2D eigenvalue weighted by Gasteiger charge is 2.37. The zero-order valence-electron chi connectivity index (χ0n) is 63.3. The van der Waals surface area contributed by atoms with Gasteiger partial charge >= 0.3 is 0 Å². The molecule has 33 N–H and O–H groups in total. The Morgan fingerprint density at radius 2 is 0.478 bits per heavy atom. The number of aromatic amines is 5. The van der Waals surface area contributed by atoms with E-state index in [4.69, 9.17) is 56.0 Å². The number of nitrogens with two attached hydrogens (primary N) is 6. The van der Waals surface area contributed by atoms with E-state index >= 15 is 28.8 Å². The smallest absolute Gasteiger partial charge is 0.243 e. The summed E-state index contributed by atoms with van der Waals surface area (Å²) in [5, 5.41) is 68.5. The number of nitrogens with one attached hydrogen (secondary N) is 21. The van der Waals surface area contributed by atoms with E-state index in [0.717, 1.165) is 49.2 Å². The summed E-state index contributed by atoms with van der Waals surface area (Å²) in [5.74, 6) is -9.12. The second-order valence-electron chi connectivity index (χ2n) is 28.2. The first-order chi connectivity index (χ1) is 55.3. The molecule has 0 saturated heterocycles. The van der Waals surface area contributed by atoms with E-state index in [-0.39, 0.29) is 133 Å². The first-order valence-corrected chi connectivity index (χ1v) is 37.9. The van der Waals surface area contributed by atoms with Crippen LogP contribution in [0.15, 0.2) is 152 Å². The van der Waals surface area contributed by atoms with Crippen LogP contribution < -0.4 is 98.2 Å². The first-order valence-electron chi connectivity index (χ1n) is 37.9. The van der Waals surface area contributed by atoms with Crippen molar-refractivity contribution in [1.82, 2.24) is 88.7 Å². The molecule has 9 atom stereocenters. The molecule has 9 amide bonds. The topological polar surface area (TPSA) is 628 Å². The Morgan fingerprint density at radius 3 is 0.722 bits per heavy atom. The molecule has 5 aromatic heterocycles. The first kappa shape index (κ1) is 83.5. The van der Waals surface area contributed by atoms with Crippen LogP contribution >= 0.6 is 0 Å². The van der Waals surface area contributed by atoms with Gasteiger partial charge in [-0.25, -0.2) is 0 Å². The number of hydrogen-bond donors (Lipinski definition) is 27. The van der Waals surface area contributed by atoms with E-state index in [1.54, 1.807) is 61.3 Å². The number of fused-ring (bicyclic) bond motifs is 5. The fourth-order valence-electron chi connectivity index (χ4n) is 13.9. The van der Waals surface area contributed by atoms with Crippen LogP contribution in [-0.2, 0) is 75.3 Å². The molecule has 0 unspecified atom stereocenters. The zero-order chi connectivity index (χ0) is 82.1. The average molecular weight is 1570 g/mol. The zero-order valence-corrected chi connectivity index (χ0v) is 63.3. The Labute approximate surface area is 660 Å². The lowest BCUT2D eigenvalue weighted by molar-refractivity contribution is -0.136. The third kappa shape index (κ3) is 23.6. The van der Waals surface area contributed by atoms with Gasteiger partial charge in [0.1, 0.15) is 48.3 Å². The Hall–Kier alpha value is -13.9. The van der Waals surface area contributed by atoms with Crippen molar-refractivity contribution in [2.75, 3.05) is 26.2 Å². The molecule has 0 aliphatic carbocycles. The van der Waals surface area contributed by atoms with E-state index < -0.39 is 108 Å². The predicted molar refractivity (Wildman–Crippen MR) is 439 cm³/mol. The van der Waals surface area contributed by atoms with Gasteiger partial charge in [-0.05, 0) is 116 Å². The predicted octanol–water partition coefficient (Wildman–Crippen LogP) is 0.350. The van der Waals surface area contributed by atoms with Gasteiger partial charge in [0.2, 0.25) is 53.2 Å². The van der Waals surface area contributed by atoms with Gasteiger partial charge in [0, 0.05) is 137 Å². The molecule has 0 saturated carbocycles. The number of carbonyl (C=O) groups excluding carboxylic acids is 9. The van der Waals surface area contributed by atoms with Crippen LogP contribution in [0.4, 0.5) is 0 Å². The quantitative estimate of drug-likeness (QED) is 0.0139. The number of primary amides is 1. The Balaban J connectivity index is 0.928. The van der Waals surface area contributed by atoms with Gasteiger partial charge in [-0.1, -0.05) is 91.0 Å². The number of carbonyl (C=O) groups is 9. The van der Waals surface area contributed by atoms with Gasteiger partial charge < -0.3 is 123 Å². The van der Waals surface area contributed by atoms with Gasteiger partial charge in [0.15, 0.2) is 23.8 Å². The summed E-state index contributed by atoms with van der Waals surface area (Å²) in [5.41, 5.74) is 42.3. The number of hydrogen-bond acceptors (Lipinski definition) is 14. The van der Waals surface area contributed by atoms with E-state index in [1.165, 1.54) is 0 Å². The third-order valence-electron chi connectivity index (χ3n) is 19.9. The molecule has 5 aromatic carbocycles. The molecule has 36 nitrogen and oxygen atoms in total. The summed E-state index contributed by atoms with van der Waals surface area (Å²) in [6, 6.07) is 24.0. The molecule has 115 heavy (non-hydrogen) atoms. The van der Waals surface area contributed by atoms with Crippen LogP contribution in [0, 0.1) is 21.6 Å². The maximum atomic E-state index is 15.5. The van der Waals surface area contributed by atoms with Crippen LogP contribution in [0.3, 0.4) is 0 Å². The average Bonchev–Trinajstić information content (AvgIpc) is 1.70. The summed E-state index contributed by atoms with van der Waals surface area (Å²) in [7, 11) is 0. The molecule has 10 rings (SSSR count). The summed E-state index contributed by atoms with van der Waals surface area (Å²) in [4.78, 5) is 150. The molecule has 10 aromatic rings. The number of benzene rings is 5. The van der Waals surface area contributed by atoms with Gasteiger partial charge in [0.25, 0.3) is 0 Å². The Kier molecular flexibility index (Phi) is 29.3. The van der Waals surface area contributed by atoms with Crippen molar-refractivity contribution in [2.45, 2.75) is 138 Å². The van der Waals surface area contributed by atoms with E-state index in [9.17, 15) is 14.4 Å². The lowest BCUT2D eigenvalue weighted by Crippen LogP contribution is -2.61. The molecule has 0 bridgehead atoms. The normalized spacial score (nSPS) is 13.6. The lowest BCUT2D eigenvalue weighted by atomic mass is 10.0. The van der Waals surface area contributed by atoms with Crippen LogP contribution in [0.2, 0.25) is 0 Å². The third-order valence-corrected chi connectivity index (χ3v) is 19.9. The molecule has 0 aliphatic rings. The minimum Gasteiger partial charge on any atom is -0.370 e. The molecule has 606 valence electrons. The number of guanidine groups is 4. The van der Waals surface area contributed by atoms with Crippen molar-refractivity contribution >= 4 is 132 Å². The lowest BCUT2D eigenvalue weighted by Gasteiger charge is -2.28. The molecule has 0 radical (unpaired) electrons. The fraction of sp³-hybridized carbons (Fsp3) is 0.329. The molecular formula is C79H101N27O9. The fourth-order valence-corrected chi connectivity index (χ4v) is 13.9. The molecule has 0 fully saturated rings. The van der Waals surface area contributed by atoms with Crippen molar-refractivity contribution in [2.24, 2.45) is 34.4 Å². The van der Waals surface area contributed by atoms with Crippen LogP contribution in [0.5, 0.6) is 0 Å². The minimum absolute atomic E-state index is 0.0194. The minimum atomic E-state index is -1.57. The van der Waals surface area contributed by atoms with Crippen LogP contribution in [0.25, 0.3) is 54.5 Å². The Morgan fingerprint density at radius 1 is 0.278 bits per heavy atom. The van der Waals surface area contributed by atoms with E-state index in [0.29, 0.717) is 33.2 Å². The van der Waals surface area contributed by atoms with E-state index in [2.05, 4.69) is 88.7 Å². The molecular weight excluding hydrogens is 1470 g/mol. The highest BCUT2D eigenvalue weighted by molar-refractivity contribution is 6.00. The Bertz CT molecular complexity index is 5140. The second-order valence-corrected chi connectivity index (χ2v) is 28.2. The van der Waals surface area contributed by atoms with E-state index in [1.807, 2.05) is 91.0 Å². The van der Waals surface area contributed by atoms with Gasteiger partial charge in [0.05, 0.1) is 6.04 Å². The van der Waals surface area contributed by atoms with Crippen LogP contribution in [0.1, 0.15) is 79.2 Å². The van der Waals surface area contributed by atoms with Crippen LogP contribution in [-0.4, -0.2) is 182 Å². The van der Waals surface area contributed by atoms with Crippen molar-refractivity contribution < 1.29 is 43.2 Å². The summed E-state index contributed by atoms with van der Waals surface area (Å²) >= 11 is 0. The van der Waals surface area contributed by atoms with Crippen molar-refractivity contribution in [3.8, 4) is 0 Å². The monoisotopic (exact) mass is 1570 g/mol. The van der Waals surface area contributed by atoms with Crippen molar-refractivity contribution in [3.63, 3.8) is 0 Å². The molecule has 0 spiro atoms. The SMILES string of the molecule is N=C(N)NCCC[C@H](NC(=O)[C@H](CCCNC(=N)N)NC(=O)[C@H](Cc1c[nH]c2ccccc12)NC(=O)[C@H](CCCNC(=N)N)NC(=O)[C@H](CCCNC(=N)N)NC(=O)[C@H](Cc1c[nH]c2ccccc12)NC(=O)[C@@H](N)Cc1c[nH]c2ccccc12)C(=O)N[C@@H](Cc1c[nH]c2ccccc12)C(=O)N[C@@H](Cc1c[nH]c2ccccc12)C(N)=O. The summed E-state index contributed by atoms with van der Waals surface area (Å²) in [6.07, 6.45) is 7.92. The number of aromatic nitrogens is 5. The van der Waals surface area contributed by atoms with Crippen molar-refractivity contribution in [1.29, 1.82) is 21.6 Å². The number of para-hydroxylation sites is 5. The molecule has 36 heteroatoms. The molecule has 0 aliphatic heterocycles. The maximum absolute atomic E-state index is 15.5. The van der Waals surface area contributed by atoms with Crippen molar-refractivity contribution in [3.05, 3.63) is 180 Å². The number of H-pyrrole nitrogens is 5. The molecule has 5 heterocycles. The maximum Gasteiger partial charge on any atom is 0.243 e. The standard InChI is InChI=1S/C79H101N27O9/c80-53(33-43-38-94-54-20-6-1-15-48(43)54)68(108)104-64(35-45-40-96-56-22-8-3-17-50(45)56)73(113)101-59(25-11-29-90-76(82)83)69(109)99-61(27-13-31-92-78(86)87)71(111)105-65(36-46-41-97-57-23-9-4-18-51(46)57)74(114)102-60(26-12-30-91-77(84)85)70(110)100-62(28-14-32-93-79(88)89)72(112)106-66(37-47-42-98-58-24-10-5-19-52(47)58)75(115)103-63(67(81)107)34-44-39-95-55-21-7-2-16-49(44)55/h1-10,15-24,38-42,53,59-66,94-98H,11-14,25-37,80H2,(H2,81,107)(H,99,109)(H,100,110)(H,101,113)(H,102,114)(H,103,115)(H,104,108)(H,105,111)(H,106,112)(H4,82,83,90)(H4,84,85,91)(H4,86,87,92)(H4,88,89,93)/t53-,59-,60-,61-,62-,63-,64-,65-,66-/m0/s1. The number of amides is 9. The van der Waals surface area contributed by atoms with Gasteiger partial charge in [-0.3, -0.25) is 64.8 Å². The summed E-state index contributed by atoms with van der Waals surface area (Å²) < 4.78 is 0.